The minimum Gasteiger partial charge on any atom is -0.308 e. The van der Waals surface area contributed by atoms with Gasteiger partial charge < -0.3 is 4.40 Å². The van der Waals surface area contributed by atoms with Gasteiger partial charge in [-0.05, 0) is 92.0 Å². The molecule has 228 valence electrons. The van der Waals surface area contributed by atoms with E-state index >= 15 is 0 Å². The number of rotatable bonds is 5. The summed E-state index contributed by atoms with van der Waals surface area (Å²) in [5.74, 6) is 0. The van der Waals surface area contributed by atoms with Crippen LogP contribution in [0.15, 0.2) is 188 Å². The molecule has 0 saturated carbocycles. The summed E-state index contributed by atoms with van der Waals surface area (Å²) in [5.41, 5.74) is 16.1. The number of hydrogen-bond acceptors (Lipinski definition) is 0. The van der Waals surface area contributed by atoms with Crippen molar-refractivity contribution >= 4 is 38.1 Å². The molecular formula is C48H31N. The van der Waals surface area contributed by atoms with E-state index in [1.54, 1.807) is 0 Å². The molecule has 0 spiro atoms. The first kappa shape index (κ1) is 27.7. The Morgan fingerprint density at radius 1 is 0.224 bits per heavy atom. The normalized spacial score (nSPS) is 11.7. The van der Waals surface area contributed by atoms with Crippen LogP contribution < -0.4 is 0 Å². The van der Waals surface area contributed by atoms with E-state index in [1.807, 2.05) is 0 Å². The number of para-hydroxylation sites is 2. The topological polar surface area (TPSA) is 4.41 Å². The predicted molar refractivity (Wildman–Crippen MR) is 208 cm³/mol. The van der Waals surface area contributed by atoms with Crippen molar-refractivity contribution in [3.8, 4) is 55.6 Å². The minimum absolute atomic E-state index is 1.21. The van der Waals surface area contributed by atoms with E-state index in [1.165, 1.54) is 93.7 Å². The van der Waals surface area contributed by atoms with Gasteiger partial charge in [0.15, 0.2) is 0 Å². The molecule has 10 rings (SSSR count). The lowest BCUT2D eigenvalue weighted by molar-refractivity contribution is 1.37. The molecule has 0 N–H and O–H groups in total. The van der Waals surface area contributed by atoms with Crippen LogP contribution in [0.1, 0.15) is 0 Å². The molecule has 0 fully saturated rings. The molecule has 1 heteroatoms. The first-order valence-corrected chi connectivity index (χ1v) is 16.9. The molecule has 0 aliphatic heterocycles. The standard InChI is InChI=1S/C48H31N/c1-2-10-32(11-3-1)35-12-6-13-36(28-35)33-22-24-34(25-23-33)37-14-7-15-38(29-37)39-16-8-17-40(30-39)41-26-27-47-45(31-41)44-20-9-19-43-42-18-4-5-21-46(42)49(47)48(43)44/h1-31H. The van der Waals surface area contributed by atoms with Gasteiger partial charge in [0, 0.05) is 21.5 Å². The molecule has 0 aliphatic rings. The molecule has 49 heavy (non-hydrogen) atoms. The zero-order valence-corrected chi connectivity index (χ0v) is 26.8. The molecular weight excluding hydrogens is 591 g/mol. The first-order chi connectivity index (χ1) is 24.3. The molecule has 8 aromatic carbocycles. The zero-order chi connectivity index (χ0) is 32.3. The predicted octanol–water partition coefficient (Wildman–Crippen LogP) is 13.2. The molecule has 0 amide bonds. The van der Waals surface area contributed by atoms with E-state index in [0.717, 1.165) is 0 Å². The average Bonchev–Trinajstić information content (AvgIpc) is 3.71. The number of nitrogens with zero attached hydrogens (tertiary/aromatic N) is 1. The Kier molecular flexibility index (Phi) is 6.25. The molecule has 0 atom stereocenters. The summed E-state index contributed by atoms with van der Waals surface area (Å²) in [6, 6.07) is 68.6. The Morgan fingerprint density at radius 2 is 0.592 bits per heavy atom. The Balaban J connectivity index is 0.977. The third-order valence-electron chi connectivity index (χ3n) is 10.1. The second kappa shape index (κ2) is 11.1. The zero-order valence-electron chi connectivity index (χ0n) is 26.8. The highest BCUT2D eigenvalue weighted by atomic mass is 14.9. The van der Waals surface area contributed by atoms with Gasteiger partial charge in [0.25, 0.3) is 0 Å². The van der Waals surface area contributed by atoms with E-state index in [9.17, 15) is 0 Å². The monoisotopic (exact) mass is 621 g/mol. The highest BCUT2D eigenvalue weighted by Gasteiger charge is 2.17. The van der Waals surface area contributed by atoms with Crippen LogP contribution in [0.5, 0.6) is 0 Å². The fraction of sp³-hybridized carbons (Fsp3) is 0. The quantitative estimate of drug-likeness (QED) is 0.180. The molecule has 1 nitrogen and oxygen atoms in total. The van der Waals surface area contributed by atoms with Gasteiger partial charge in [-0.2, -0.15) is 0 Å². The lowest BCUT2D eigenvalue weighted by Crippen LogP contribution is -1.85. The third-order valence-corrected chi connectivity index (χ3v) is 10.1. The van der Waals surface area contributed by atoms with Gasteiger partial charge in [-0.3, -0.25) is 0 Å². The average molecular weight is 622 g/mol. The number of fused-ring (bicyclic) bond motifs is 6. The maximum Gasteiger partial charge on any atom is 0.0620 e. The molecule has 0 aliphatic carbocycles. The van der Waals surface area contributed by atoms with Crippen LogP contribution >= 0.6 is 0 Å². The minimum atomic E-state index is 1.21. The van der Waals surface area contributed by atoms with Crippen molar-refractivity contribution < 1.29 is 0 Å². The van der Waals surface area contributed by atoms with Crippen LogP contribution in [-0.2, 0) is 0 Å². The lowest BCUT2D eigenvalue weighted by Gasteiger charge is -2.10. The summed E-state index contributed by atoms with van der Waals surface area (Å²) in [4.78, 5) is 0. The highest BCUT2D eigenvalue weighted by Crippen LogP contribution is 2.40. The van der Waals surface area contributed by atoms with Crippen molar-refractivity contribution in [2.24, 2.45) is 0 Å². The van der Waals surface area contributed by atoms with Crippen LogP contribution in [-0.4, -0.2) is 4.40 Å². The van der Waals surface area contributed by atoms with E-state index in [2.05, 4.69) is 192 Å². The van der Waals surface area contributed by atoms with E-state index in [4.69, 9.17) is 0 Å². The van der Waals surface area contributed by atoms with E-state index in [-0.39, 0.29) is 0 Å². The molecule has 2 heterocycles. The van der Waals surface area contributed by atoms with Crippen molar-refractivity contribution in [3.05, 3.63) is 188 Å². The Bertz CT molecular complexity index is 2800. The van der Waals surface area contributed by atoms with Crippen LogP contribution in [0.2, 0.25) is 0 Å². The summed E-state index contributed by atoms with van der Waals surface area (Å²) < 4.78 is 2.44. The molecule has 0 bridgehead atoms. The van der Waals surface area contributed by atoms with Crippen LogP contribution in [0.4, 0.5) is 0 Å². The summed E-state index contributed by atoms with van der Waals surface area (Å²) in [6.45, 7) is 0. The van der Waals surface area contributed by atoms with E-state index < -0.39 is 0 Å². The van der Waals surface area contributed by atoms with Crippen LogP contribution in [0.25, 0.3) is 93.7 Å². The SMILES string of the molecule is c1ccc(-c2cccc(-c3ccc(-c4cccc(-c5cccc(-c6ccc7c(c6)c6cccc8c9ccccc9n7c86)c5)c4)cc3)c2)cc1. The van der Waals surface area contributed by atoms with Gasteiger partial charge in [0.2, 0.25) is 0 Å². The second-order valence-corrected chi connectivity index (χ2v) is 13.0. The summed E-state index contributed by atoms with van der Waals surface area (Å²) in [7, 11) is 0. The third kappa shape index (κ3) is 4.55. The Labute approximate surface area is 285 Å². The van der Waals surface area contributed by atoms with Crippen molar-refractivity contribution in [3.63, 3.8) is 0 Å². The van der Waals surface area contributed by atoms with E-state index in [0.29, 0.717) is 0 Å². The van der Waals surface area contributed by atoms with Crippen molar-refractivity contribution in [1.29, 1.82) is 0 Å². The molecule has 0 radical (unpaired) electrons. The lowest BCUT2D eigenvalue weighted by atomic mass is 9.94. The van der Waals surface area contributed by atoms with Gasteiger partial charge >= 0.3 is 0 Å². The second-order valence-electron chi connectivity index (χ2n) is 13.0. The largest absolute Gasteiger partial charge is 0.308 e. The van der Waals surface area contributed by atoms with Crippen molar-refractivity contribution in [1.82, 2.24) is 4.40 Å². The van der Waals surface area contributed by atoms with Gasteiger partial charge in [0.1, 0.15) is 0 Å². The smallest absolute Gasteiger partial charge is 0.0620 e. The molecule has 0 saturated heterocycles. The maximum atomic E-state index is 2.44. The molecule has 2 aromatic heterocycles. The summed E-state index contributed by atoms with van der Waals surface area (Å²) in [5, 5.41) is 5.24. The number of aromatic nitrogens is 1. The van der Waals surface area contributed by atoms with Gasteiger partial charge in [-0.25, -0.2) is 0 Å². The highest BCUT2D eigenvalue weighted by molar-refractivity contribution is 6.23. The molecule has 0 unspecified atom stereocenters. The first-order valence-electron chi connectivity index (χ1n) is 16.9. The molecule has 10 aromatic rings. The maximum absolute atomic E-state index is 2.44. The van der Waals surface area contributed by atoms with Gasteiger partial charge in [-0.1, -0.05) is 152 Å². The summed E-state index contributed by atoms with van der Waals surface area (Å²) >= 11 is 0. The fourth-order valence-electron chi connectivity index (χ4n) is 7.73. The van der Waals surface area contributed by atoms with Gasteiger partial charge in [0.05, 0.1) is 16.6 Å². The Morgan fingerprint density at radius 3 is 1.18 bits per heavy atom. The van der Waals surface area contributed by atoms with Crippen LogP contribution in [0.3, 0.4) is 0 Å². The van der Waals surface area contributed by atoms with Crippen molar-refractivity contribution in [2.75, 3.05) is 0 Å². The summed E-state index contributed by atoms with van der Waals surface area (Å²) in [6.07, 6.45) is 0. The fourth-order valence-corrected chi connectivity index (χ4v) is 7.73. The van der Waals surface area contributed by atoms with Crippen molar-refractivity contribution in [2.45, 2.75) is 0 Å². The Hall–Kier alpha value is -6.44. The van der Waals surface area contributed by atoms with Crippen LogP contribution in [0, 0.1) is 0 Å². The number of benzene rings is 8. The van der Waals surface area contributed by atoms with Gasteiger partial charge in [-0.15, -0.1) is 0 Å². The number of hydrogen-bond donors (Lipinski definition) is 0.